The van der Waals surface area contributed by atoms with E-state index in [2.05, 4.69) is 81.5 Å². The number of nitrogens with two attached hydrogens (primary N) is 1. The number of carbonyl (C=O) groups is 1. The van der Waals surface area contributed by atoms with E-state index in [1.807, 2.05) is 13.8 Å². The van der Waals surface area contributed by atoms with E-state index in [-0.39, 0.29) is 28.4 Å². The molecule has 38 heavy (non-hydrogen) atoms. The zero-order valence-electron chi connectivity index (χ0n) is 26.6. The number of rotatable bonds is 7. The van der Waals surface area contributed by atoms with Crippen LogP contribution in [-0.4, -0.2) is 111 Å². The van der Waals surface area contributed by atoms with Crippen LogP contribution in [-0.2, 0) is 20.2 Å². The molecule has 1 aromatic rings. The molecular weight excluding hydrogens is 467 g/mol. The smallest absolute Gasteiger partial charge is 0.322 e. The molecule has 4 atom stereocenters. The lowest BCUT2D eigenvalue weighted by Gasteiger charge is -2.69. The van der Waals surface area contributed by atoms with Crippen molar-refractivity contribution in [3.63, 3.8) is 0 Å². The summed E-state index contributed by atoms with van der Waals surface area (Å²) >= 11 is 0. The molecule has 14 heteroatoms. The van der Waals surface area contributed by atoms with E-state index in [1.54, 1.807) is 14.2 Å². The van der Waals surface area contributed by atoms with Gasteiger partial charge in [-0.25, -0.2) is 0 Å². The molecule has 2 aliphatic rings. The molecule has 0 bridgehead atoms. The van der Waals surface area contributed by atoms with E-state index in [1.165, 1.54) is 11.1 Å². The first-order valence-electron chi connectivity index (χ1n) is 14.3. The molecule has 0 radical (unpaired) electrons. The minimum absolute atomic E-state index is 0.0158. The van der Waals surface area contributed by atoms with Crippen LogP contribution in [0.15, 0.2) is 0 Å². The normalized spacial score (nSPS) is 28.8. The van der Waals surface area contributed by atoms with E-state index < -0.39 is 17.0 Å². The first kappa shape index (κ1) is 31.3. The number of piperidine rings is 1. The van der Waals surface area contributed by atoms with E-state index >= 15 is 0 Å². The van der Waals surface area contributed by atoms with Crippen molar-refractivity contribution in [2.24, 2.45) is 23.5 Å². The van der Waals surface area contributed by atoms with Crippen molar-refractivity contribution >= 4 is 79.7 Å². The van der Waals surface area contributed by atoms with Crippen LogP contribution < -0.4 is 26.1 Å². The summed E-state index contributed by atoms with van der Waals surface area (Å²) in [5, 5.41) is -0.358. The fraction of sp³-hybridized carbons (Fsp3) is 0.708. The van der Waals surface area contributed by atoms with Gasteiger partial charge >= 0.3 is 5.97 Å². The highest BCUT2D eigenvalue weighted by Gasteiger charge is 2.62. The molecule has 1 fully saturated rings. The SMILES string of the molecule is Bc1c(OC)c(OC)c(B)c2c1C1(B)CC(B)(OC(=O)[C@@H](N)C(C)C)C(CC(C)C)CN1C(B)(B)C2(B)B. The lowest BCUT2D eigenvalue weighted by Crippen LogP contribution is -2.79. The van der Waals surface area contributed by atoms with Gasteiger partial charge in [-0.3, -0.25) is 4.79 Å². The number of fused-ring (bicyclic) bond motifs is 3. The number of ether oxygens (including phenoxy) is 3. The molecule has 200 valence electrons. The Morgan fingerprint density at radius 3 is 1.92 bits per heavy atom. The molecule has 2 aliphatic heterocycles. The summed E-state index contributed by atoms with van der Waals surface area (Å²) in [6.45, 7) is 9.27. The largest absolute Gasteiger partial charge is 0.493 e. The van der Waals surface area contributed by atoms with Crippen LogP contribution in [0.5, 0.6) is 11.5 Å². The van der Waals surface area contributed by atoms with Gasteiger partial charge in [0.15, 0.2) is 19.3 Å². The predicted molar refractivity (Wildman–Crippen MR) is 179 cm³/mol. The average Bonchev–Trinajstić information content (AvgIpc) is 2.79. The van der Waals surface area contributed by atoms with Gasteiger partial charge in [0.25, 0.3) is 0 Å². The molecule has 2 N–H and O–H groups in total. The van der Waals surface area contributed by atoms with Gasteiger partial charge in [0.1, 0.15) is 61.0 Å². The van der Waals surface area contributed by atoms with Crippen molar-refractivity contribution in [3.8, 4) is 11.5 Å². The molecule has 3 rings (SSSR count). The van der Waals surface area contributed by atoms with Crippen LogP contribution in [0.25, 0.3) is 0 Å². The highest BCUT2D eigenvalue weighted by molar-refractivity contribution is 6.57. The zero-order chi connectivity index (χ0) is 29.2. The molecule has 0 aliphatic carbocycles. The van der Waals surface area contributed by atoms with Gasteiger partial charge in [-0.15, -0.1) is 0 Å². The Morgan fingerprint density at radius 1 is 0.974 bits per heavy atom. The van der Waals surface area contributed by atoms with Crippen molar-refractivity contribution in [1.29, 1.82) is 0 Å². The van der Waals surface area contributed by atoms with Crippen molar-refractivity contribution in [2.45, 2.75) is 68.1 Å². The Hall–Kier alpha value is -1.27. The standard InChI is InChI=1S/C24H46B8N2O4/c1-10(2)7-12-8-34-21(27,9-22(12,28)38-20(35)17(33)11(3)4)13-14(23(29,30)24(34,31)32)16(26)19(37-6)18(36-5)15(13)25/h10-12,17H,7-9,25-33H2,1-6H3/t12?,17-,21?,22?/m0/s1. The number of esters is 1. The first-order valence-corrected chi connectivity index (χ1v) is 14.3. The van der Waals surface area contributed by atoms with Gasteiger partial charge in [0.2, 0.25) is 0 Å². The number of benzene rings is 1. The highest BCUT2D eigenvalue weighted by Crippen LogP contribution is 2.54. The topological polar surface area (TPSA) is 74.0 Å². The lowest BCUT2D eigenvalue weighted by molar-refractivity contribution is -0.170. The van der Waals surface area contributed by atoms with Crippen LogP contribution >= 0.6 is 0 Å². The molecular formula is C24H46B8N2O4. The van der Waals surface area contributed by atoms with Crippen molar-refractivity contribution in [3.05, 3.63) is 11.1 Å². The molecule has 6 nitrogen and oxygen atoms in total. The maximum absolute atomic E-state index is 13.3. The summed E-state index contributed by atoms with van der Waals surface area (Å²) in [5.74, 6) is 1.95. The zero-order valence-corrected chi connectivity index (χ0v) is 26.6. The van der Waals surface area contributed by atoms with Crippen LogP contribution in [0.1, 0.15) is 51.7 Å². The summed E-state index contributed by atoms with van der Waals surface area (Å²) in [5.41, 5.74) is 10.0. The van der Waals surface area contributed by atoms with Crippen molar-refractivity contribution in [2.75, 3.05) is 20.8 Å². The monoisotopic (exact) mass is 514 g/mol. The van der Waals surface area contributed by atoms with Gasteiger partial charge in [-0.05, 0) is 46.5 Å². The van der Waals surface area contributed by atoms with Crippen LogP contribution in [0, 0.1) is 17.8 Å². The van der Waals surface area contributed by atoms with Crippen molar-refractivity contribution in [1.82, 2.24) is 4.90 Å². The molecule has 0 amide bonds. The van der Waals surface area contributed by atoms with Gasteiger partial charge in [0.05, 0.1) is 19.7 Å². The third kappa shape index (κ3) is 4.59. The fourth-order valence-electron chi connectivity index (χ4n) is 7.72. The Kier molecular flexibility index (Phi) is 8.46. The maximum Gasteiger partial charge on any atom is 0.322 e. The summed E-state index contributed by atoms with van der Waals surface area (Å²) in [7, 11) is 21.7. The highest BCUT2D eigenvalue weighted by atomic mass is 16.6. The van der Waals surface area contributed by atoms with Crippen LogP contribution in [0.3, 0.4) is 0 Å². The number of carbonyl (C=O) groups excluding carboxylic acids is 1. The predicted octanol–water partition coefficient (Wildman–Crippen LogP) is -6.42. The number of nitrogens with zero attached hydrogens (tertiary/aromatic N) is 1. The second-order valence-electron chi connectivity index (χ2n) is 14.1. The summed E-state index contributed by atoms with van der Waals surface area (Å²) in [4.78, 5) is 16.0. The van der Waals surface area contributed by atoms with E-state index in [4.69, 9.17) is 19.9 Å². The maximum atomic E-state index is 13.3. The number of hydrogen-bond acceptors (Lipinski definition) is 6. The van der Waals surface area contributed by atoms with E-state index in [0.29, 0.717) is 12.3 Å². The van der Waals surface area contributed by atoms with Crippen LogP contribution in [0.4, 0.5) is 0 Å². The van der Waals surface area contributed by atoms with E-state index in [9.17, 15) is 4.79 Å². The third-order valence-electron chi connectivity index (χ3n) is 10.3. The summed E-state index contributed by atoms with van der Waals surface area (Å²) < 4.78 is 18.4. The Morgan fingerprint density at radius 2 is 1.47 bits per heavy atom. The Bertz CT molecular complexity index is 1100. The average molecular weight is 513 g/mol. The van der Waals surface area contributed by atoms with E-state index in [0.717, 1.165) is 35.4 Å². The second kappa shape index (κ2) is 10.3. The van der Waals surface area contributed by atoms with Crippen molar-refractivity contribution < 1.29 is 19.0 Å². The quantitative estimate of drug-likeness (QED) is 0.289. The Labute approximate surface area is 238 Å². The van der Waals surface area contributed by atoms with Gasteiger partial charge in [-0.2, -0.15) is 0 Å². The molecule has 3 unspecified atom stereocenters. The fourth-order valence-corrected chi connectivity index (χ4v) is 7.72. The first-order chi connectivity index (χ1) is 17.3. The molecule has 1 aromatic carbocycles. The van der Waals surface area contributed by atoms with Gasteiger partial charge in [-0.1, -0.05) is 38.5 Å². The number of methoxy groups -OCH3 is 2. The minimum atomic E-state index is -0.665. The number of hydrogen-bond donors (Lipinski definition) is 1. The molecule has 0 spiro atoms. The summed E-state index contributed by atoms with van der Waals surface area (Å²) in [6.07, 6.45) is 1.65. The minimum Gasteiger partial charge on any atom is -0.493 e. The molecule has 2 heterocycles. The van der Waals surface area contributed by atoms with Gasteiger partial charge in [0, 0.05) is 17.9 Å². The Balaban J connectivity index is 2.34. The van der Waals surface area contributed by atoms with Gasteiger partial charge < -0.3 is 24.8 Å². The molecule has 0 saturated carbocycles. The van der Waals surface area contributed by atoms with Crippen LogP contribution in [0.2, 0.25) is 0 Å². The molecule has 1 saturated heterocycles. The summed E-state index contributed by atoms with van der Waals surface area (Å²) in [6, 6.07) is -0.639. The second-order valence-corrected chi connectivity index (χ2v) is 14.1. The molecule has 0 aromatic heterocycles. The third-order valence-corrected chi connectivity index (χ3v) is 10.3. The lowest BCUT2D eigenvalue weighted by atomic mass is 9.26.